The highest BCUT2D eigenvalue weighted by Gasteiger charge is 2.05. The number of carboxylic acid groups (broad SMARTS) is 1. The van der Waals surface area contributed by atoms with Gasteiger partial charge in [-0.2, -0.15) is 0 Å². The van der Waals surface area contributed by atoms with Crippen molar-refractivity contribution >= 4 is 55.1 Å². The predicted octanol–water partition coefficient (Wildman–Crippen LogP) is 2.37. The molecule has 0 saturated carbocycles. The first kappa shape index (κ1) is 13.7. The maximum absolute atomic E-state index is 11.3. The summed E-state index contributed by atoms with van der Waals surface area (Å²) in [6.07, 6.45) is 1.69. The quantitative estimate of drug-likeness (QED) is 0.567. The van der Waals surface area contributed by atoms with E-state index in [1.54, 1.807) is 12.1 Å². The van der Waals surface area contributed by atoms with Crippen molar-refractivity contribution in [2.24, 2.45) is 0 Å². The summed E-state index contributed by atoms with van der Waals surface area (Å²) in [4.78, 5) is 21.5. The molecule has 1 aromatic rings. The smallest absolute Gasteiger partial charge is 0.328 e. The number of hydrogen-bond donors (Lipinski definition) is 3. The second-order valence-corrected chi connectivity index (χ2v) is 4.72. The monoisotopic (exact) mass is 362 g/mol. The SMILES string of the molecule is Nc1c(Br)cc(NC(=O)/C=C\C(=O)O)cc1Br. The van der Waals surface area contributed by atoms with Crippen molar-refractivity contribution in [1.82, 2.24) is 0 Å². The molecule has 90 valence electrons. The van der Waals surface area contributed by atoms with Gasteiger partial charge in [-0.1, -0.05) is 0 Å². The fraction of sp³-hybridized carbons (Fsp3) is 0. The van der Waals surface area contributed by atoms with Crippen LogP contribution in [0.4, 0.5) is 11.4 Å². The van der Waals surface area contributed by atoms with Crippen molar-refractivity contribution in [3.8, 4) is 0 Å². The van der Waals surface area contributed by atoms with Crippen molar-refractivity contribution in [3.63, 3.8) is 0 Å². The average Bonchev–Trinajstić information content (AvgIpc) is 2.23. The minimum absolute atomic E-state index is 0.498. The van der Waals surface area contributed by atoms with Crippen LogP contribution in [0, 0.1) is 0 Å². The van der Waals surface area contributed by atoms with Gasteiger partial charge in [0, 0.05) is 26.8 Å². The van der Waals surface area contributed by atoms with Crippen LogP contribution in [-0.4, -0.2) is 17.0 Å². The van der Waals surface area contributed by atoms with Gasteiger partial charge >= 0.3 is 5.97 Å². The lowest BCUT2D eigenvalue weighted by Gasteiger charge is -2.06. The average molecular weight is 364 g/mol. The van der Waals surface area contributed by atoms with Gasteiger partial charge in [0.05, 0.1) is 5.69 Å². The Morgan fingerprint density at radius 1 is 1.24 bits per heavy atom. The van der Waals surface area contributed by atoms with E-state index in [2.05, 4.69) is 37.2 Å². The van der Waals surface area contributed by atoms with Gasteiger partial charge in [0.25, 0.3) is 0 Å². The zero-order valence-electron chi connectivity index (χ0n) is 8.41. The number of aliphatic carboxylic acids is 1. The maximum Gasteiger partial charge on any atom is 0.328 e. The molecule has 4 N–H and O–H groups in total. The number of carbonyl (C=O) groups excluding carboxylic acids is 1. The van der Waals surface area contributed by atoms with Crippen LogP contribution in [0.3, 0.4) is 0 Å². The molecule has 0 spiro atoms. The highest BCUT2D eigenvalue weighted by Crippen LogP contribution is 2.31. The third kappa shape index (κ3) is 4.20. The number of benzene rings is 1. The van der Waals surface area contributed by atoms with Gasteiger partial charge < -0.3 is 16.2 Å². The molecule has 0 heterocycles. The molecule has 0 aliphatic carbocycles. The lowest BCUT2D eigenvalue weighted by Crippen LogP contribution is -2.09. The number of nitrogen functional groups attached to an aromatic ring is 1. The third-order valence-corrected chi connectivity index (χ3v) is 3.04. The lowest BCUT2D eigenvalue weighted by molar-refractivity contribution is -0.131. The van der Waals surface area contributed by atoms with Crippen LogP contribution in [-0.2, 0) is 9.59 Å². The molecule has 17 heavy (non-hydrogen) atoms. The molecule has 0 aliphatic rings. The fourth-order valence-corrected chi connectivity index (χ4v) is 2.17. The minimum atomic E-state index is -1.18. The summed E-state index contributed by atoms with van der Waals surface area (Å²) < 4.78 is 1.26. The maximum atomic E-state index is 11.3. The summed E-state index contributed by atoms with van der Waals surface area (Å²) in [5.41, 5.74) is 6.70. The second kappa shape index (κ2) is 5.83. The molecular formula is C10H8Br2N2O3. The highest BCUT2D eigenvalue weighted by atomic mass is 79.9. The normalized spacial score (nSPS) is 10.5. The number of hydrogen-bond acceptors (Lipinski definition) is 3. The van der Waals surface area contributed by atoms with Crippen molar-refractivity contribution in [1.29, 1.82) is 0 Å². The van der Waals surface area contributed by atoms with E-state index < -0.39 is 11.9 Å². The zero-order chi connectivity index (χ0) is 13.0. The highest BCUT2D eigenvalue weighted by molar-refractivity contribution is 9.11. The van der Waals surface area contributed by atoms with Gasteiger partial charge in [-0.3, -0.25) is 4.79 Å². The summed E-state index contributed by atoms with van der Waals surface area (Å²) in [6.45, 7) is 0. The van der Waals surface area contributed by atoms with E-state index in [4.69, 9.17) is 10.8 Å². The van der Waals surface area contributed by atoms with Crippen LogP contribution in [0.25, 0.3) is 0 Å². The van der Waals surface area contributed by atoms with Crippen molar-refractivity contribution in [2.45, 2.75) is 0 Å². The van der Waals surface area contributed by atoms with E-state index in [1.807, 2.05) is 0 Å². The van der Waals surface area contributed by atoms with Gasteiger partial charge in [-0.25, -0.2) is 4.79 Å². The van der Waals surface area contributed by atoms with Gasteiger partial charge in [-0.05, 0) is 44.0 Å². The number of nitrogens with two attached hydrogens (primary N) is 1. The standard InChI is InChI=1S/C10H8Br2N2O3/c11-6-3-5(4-7(12)10(6)13)14-8(15)1-2-9(16)17/h1-4H,13H2,(H,14,15)(H,16,17)/b2-1-. The van der Waals surface area contributed by atoms with Gasteiger partial charge in [0.2, 0.25) is 5.91 Å². The number of halogens is 2. The van der Waals surface area contributed by atoms with Crippen molar-refractivity contribution in [2.75, 3.05) is 11.1 Å². The molecule has 5 nitrogen and oxygen atoms in total. The van der Waals surface area contributed by atoms with Crippen LogP contribution in [0.15, 0.2) is 33.2 Å². The van der Waals surface area contributed by atoms with E-state index in [-0.39, 0.29) is 0 Å². The molecule has 0 bridgehead atoms. The van der Waals surface area contributed by atoms with Crippen LogP contribution in [0.2, 0.25) is 0 Å². The predicted molar refractivity (Wildman–Crippen MR) is 71.7 cm³/mol. The number of carbonyl (C=O) groups is 2. The van der Waals surface area contributed by atoms with Gasteiger partial charge in [-0.15, -0.1) is 0 Å². The Balaban J connectivity index is 2.82. The number of rotatable bonds is 3. The first-order chi connectivity index (χ1) is 7.90. The molecule has 0 unspecified atom stereocenters. The summed E-state index contributed by atoms with van der Waals surface area (Å²) in [5, 5.41) is 10.9. The van der Waals surface area contributed by atoms with E-state index in [9.17, 15) is 9.59 Å². The first-order valence-electron chi connectivity index (χ1n) is 4.36. The summed E-state index contributed by atoms with van der Waals surface area (Å²) in [7, 11) is 0. The molecule has 0 atom stereocenters. The molecule has 1 aromatic carbocycles. The fourth-order valence-electron chi connectivity index (χ4n) is 0.987. The van der Waals surface area contributed by atoms with Crippen molar-refractivity contribution < 1.29 is 14.7 Å². The summed E-state index contributed by atoms with van der Waals surface area (Å²) in [5.74, 6) is -1.71. The summed E-state index contributed by atoms with van der Waals surface area (Å²) in [6, 6.07) is 3.24. The van der Waals surface area contributed by atoms with Crippen LogP contribution in [0.1, 0.15) is 0 Å². The molecule has 7 heteroatoms. The zero-order valence-corrected chi connectivity index (χ0v) is 11.6. The molecule has 1 rings (SSSR count). The third-order valence-electron chi connectivity index (χ3n) is 1.72. The minimum Gasteiger partial charge on any atom is -0.478 e. The largest absolute Gasteiger partial charge is 0.478 e. The molecule has 0 fully saturated rings. The number of anilines is 2. The Morgan fingerprint density at radius 3 is 2.24 bits per heavy atom. The van der Waals surface area contributed by atoms with Gasteiger partial charge in [0.1, 0.15) is 0 Å². The van der Waals surface area contributed by atoms with E-state index in [0.717, 1.165) is 12.2 Å². The second-order valence-electron chi connectivity index (χ2n) is 3.01. The van der Waals surface area contributed by atoms with E-state index in [0.29, 0.717) is 20.3 Å². The lowest BCUT2D eigenvalue weighted by atomic mass is 10.3. The first-order valence-corrected chi connectivity index (χ1v) is 5.95. The van der Waals surface area contributed by atoms with E-state index >= 15 is 0 Å². The Bertz CT molecular complexity index is 477. The number of carboxylic acids is 1. The van der Waals surface area contributed by atoms with Crippen molar-refractivity contribution in [3.05, 3.63) is 33.2 Å². The number of nitrogens with one attached hydrogen (secondary N) is 1. The number of amides is 1. The van der Waals surface area contributed by atoms with Gasteiger partial charge in [0.15, 0.2) is 0 Å². The van der Waals surface area contributed by atoms with Crippen LogP contribution in [0.5, 0.6) is 0 Å². The molecular weight excluding hydrogens is 356 g/mol. The molecule has 1 amide bonds. The molecule has 0 radical (unpaired) electrons. The van der Waals surface area contributed by atoms with Crippen LogP contribution < -0.4 is 11.1 Å². The molecule has 0 saturated heterocycles. The van der Waals surface area contributed by atoms with E-state index in [1.165, 1.54) is 0 Å². The Kier molecular flexibility index (Phi) is 4.71. The molecule has 0 aliphatic heterocycles. The topological polar surface area (TPSA) is 92.4 Å². The Morgan fingerprint density at radius 2 is 1.76 bits per heavy atom. The Hall–Kier alpha value is -1.34. The van der Waals surface area contributed by atoms with Crippen LogP contribution >= 0.6 is 31.9 Å². The molecule has 0 aromatic heterocycles. The summed E-state index contributed by atoms with van der Waals surface area (Å²) >= 11 is 6.46. The Labute approximate surface area is 114 Å².